The van der Waals surface area contributed by atoms with Crippen molar-refractivity contribution in [1.29, 1.82) is 0 Å². The van der Waals surface area contributed by atoms with Crippen LogP contribution in [0.25, 0.3) is 0 Å². The van der Waals surface area contributed by atoms with Gasteiger partial charge in [0.05, 0.1) is 0 Å². The van der Waals surface area contributed by atoms with E-state index >= 15 is 0 Å². The number of nitrogens with one attached hydrogen (secondary N) is 1. The van der Waals surface area contributed by atoms with Gasteiger partial charge in [-0.05, 0) is 12.3 Å². The number of hydrogen-bond acceptors (Lipinski definition) is 2. The van der Waals surface area contributed by atoms with E-state index in [0.717, 1.165) is 6.42 Å². The number of aromatic nitrogens is 2. The molecule has 0 radical (unpaired) electrons. The van der Waals surface area contributed by atoms with Crippen LogP contribution in [0.15, 0.2) is 15.8 Å². The van der Waals surface area contributed by atoms with Gasteiger partial charge >= 0.3 is 5.69 Å². The van der Waals surface area contributed by atoms with Gasteiger partial charge in [0.25, 0.3) is 5.56 Å². The third-order valence-corrected chi connectivity index (χ3v) is 2.12. The second-order valence-electron chi connectivity index (χ2n) is 3.69. The Balaban J connectivity index is 3.27. The summed E-state index contributed by atoms with van der Waals surface area (Å²) < 4.78 is 1.55. The van der Waals surface area contributed by atoms with Gasteiger partial charge in [-0.25, -0.2) is 4.79 Å². The van der Waals surface area contributed by atoms with E-state index in [9.17, 15) is 9.59 Å². The molecular formula is C10H16N2O2. The third-order valence-electron chi connectivity index (χ3n) is 2.12. The molecule has 0 amide bonds. The summed E-state index contributed by atoms with van der Waals surface area (Å²) in [5, 5.41) is 0. The van der Waals surface area contributed by atoms with Crippen molar-refractivity contribution in [1.82, 2.24) is 9.55 Å². The molecule has 14 heavy (non-hydrogen) atoms. The lowest BCUT2D eigenvalue weighted by atomic mass is 10.1. The van der Waals surface area contributed by atoms with Crippen LogP contribution in [0.1, 0.15) is 38.7 Å². The van der Waals surface area contributed by atoms with E-state index in [2.05, 4.69) is 4.98 Å². The Hall–Kier alpha value is -1.32. The molecular weight excluding hydrogens is 180 g/mol. The van der Waals surface area contributed by atoms with Crippen LogP contribution in [-0.4, -0.2) is 9.55 Å². The normalized spacial score (nSPS) is 10.9. The molecule has 0 fully saturated rings. The van der Waals surface area contributed by atoms with Gasteiger partial charge in [0.15, 0.2) is 0 Å². The fraction of sp³-hybridized carbons (Fsp3) is 0.600. The predicted molar refractivity (Wildman–Crippen MR) is 55.7 cm³/mol. The van der Waals surface area contributed by atoms with Crippen molar-refractivity contribution in [2.24, 2.45) is 0 Å². The maximum atomic E-state index is 11.4. The minimum Gasteiger partial charge on any atom is -0.300 e. The number of nitrogens with zero attached hydrogens (tertiary/aromatic N) is 1. The first-order chi connectivity index (χ1) is 6.56. The lowest BCUT2D eigenvalue weighted by molar-refractivity contribution is 0.618. The summed E-state index contributed by atoms with van der Waals surface area (Å²) in [4.78, 5) is 25.0. The van der Waals surface area contributed by atoms with Crippen LogP contribution in [0.4, 0.5) is 0 Å². The van der Waals surface area contributed by atoms with E-state index in [1.165, 1.54) is 0 Å². The van der Waals surface area contributed by atoms with E-state index in [0.29, 0.717) is 12.1 Å². The maximum absolute atomic E-state index is 11.4. The van der Waals surface area contributed by atoms with Crippen LogP contribution < -0.4 is 11.2 Å². The molecule has 0 unspecified atom stereocenters. The SMILES string of the molecule is CCCn1cc(C(C)C)c(=O)[nH]c1=O. The van der Waals surface area contributed by atoms with Crippen molar-refractivity contribution in [2.75, 3.05) is 0 Å². The standard InChI is InChI=1S/C10H16N2O2/c1-4-5-12-6-8(7(2)3)9(13)11-10(12)14/h6-7H,4-5H2,1-3H3,(H,11,13,14). The Morgan fingerprint density at radius 3 is 2.57 bits per heavy atom. The molecule has 0 bridgehead atoms. The summed E-state index contributed by atoms with van der Waals surface area (Å²) >= 11 is 0. The largest absolute Gasteiger partial charge is 0.328 e. The zero-order chi connectivity index (χ0) is 10.7. The van der Waals surface area contributed by atoms with Crippen LogP contribution in [0, 0.1) is 0 Å². The first-order valence-corrected chi connectivity index (χ1v) is 4.90. The molecule has 4 nitrogen and oxygen atoms in total. The van der Waals surface area contributed by atoms with E-state index in [-0.39, 0.29) is 17.2 Å². The lowest BCUT2D eigenvalue weighted by Gasteiger charge is -2.07. The Labute approximate surface area is 82.6 Å². The molecule has 4 heteroatoms. The van der Waals surface area contributed by atoms with Gasteiger partial charge in [-0.2, -0.15) is 0 Å². The van der Waals surface area contributed by atoms with E-state index in [1.807, 2.05) is 20.8 Å². The fourth-order valence-corrected chi connectivity index (χ4v) is 1.34. The quantitative estimate of drug-likeness (QED) is 0.786. The average Bonchev–Trinajstić information content (AvgIpc) is 2.09. The van der Waals surface area contributed by atoms with Gasteiger partial charge < -0.3 is 4.57 Å². The first kappa shape index (κ1) is 10.8. The van der Waals surface area contributed by atoms with Gasteiger partial charge in [0, 0.05) is 18.3 Å². The van der Waals surface area contributed by atoms with Gasteiger partial charge in [-0.15, -0.1) is 0 Å². The molecule has 0 aliphatic carbocycles. The summed E-state index contributed by atoms with van der Waals surface area (Å²) in [5.41, 5.74) is 0.0802. The molecule has 0 atom stereocenters. The molecule has 1 aromatic rings. The van der Waals surface area contributed by atoms with Crippen LogP contribution in [0.5, 0.6) is 0 Å². The molecule has 0 saturated carbocycles. The van der Waals surface area contributed by atoms with Crippen LogP contribution in [-0.2, 0) is 6.54 Å². The second-order valence-corrected chi connectivity index (χ2v) is 3.69. The number of H-pyrrole nitrogens is 1. The summed E-state index contributed by atoms with van der Waals surface area (Å²) in [6, 6.07) is 0. The van der Waals surface area contributed by atoms with Crippen LogP contribution in [0.3, 0.4) is 0 Å². The zero-order valence-corrected chi connectivity index (χ0v) is 8.83. The summed E-state index contributed by atoms with van der Waals surface area (Å²) in [6.45, 7) is 6.51. The Morgan fingerprint density at radius 2 is 2.07 bits per heavy atom. The Kier molecular flexibility index (Phi) is 3.28. The summed E-state index contributed by atoms with van der Waals surface area (Å²) in [6.07, 6.45) is 2.54. The highest BCUT2D eigenvalue weighted by Gasteiger charge is 2.07. The topological polar surface area (TPSA) is 54.9 Å². The van der Waals surface area contributed by atoms with Gasteiger partial charge in [-0.3, -0.25) is 9.78 Å². The smallest absolute Gasteiger partial charge is 0.300 e. The molecule has 0 aliphatic heterocycles. The van der Waals surface area contributed by atoms with Crippen LogP contribution in [0.2, 0.25) is 0 Å². The van der Waals surface area contributed by atoms with Crippen molar-refractivity contribution in [3.05, 3.63) is 32.6 Å². The van der Waals surface area contributed by atoms with Crippen molar-refractivity contribution < 1.29 is 0 Å². The summed E-state index contributed by atoms with van der Waals surface area (Å²) in [7, 11) is 0. The minimum absolute atomic E-state index is 0.141. The monoisotopic (exact) mass is 196 g/mol. The first-order valence-electron chi connectivity index (χ1n) is 4.90. The van der Waals surface area contributed by atoms with Gasteiger partial charge in [-0.1, -0.05) is 20.8 Å². The molecule has 0 spiro atoms. The van der Waals surface area contributed by atoms with E-state index in [4.69, 9.17) is 0 Å². The maximum Gasteiger partial charge on any atom is 0.328 e. The van der Waals surface area contributed by atoms with Gasteiger partial charge in [0.2, 0.25) is 0 Å². The van der Waals surface area contributed by atoms with E-state index < -0.39 is 0 Å². The van der Waals surface area contributed by atoms with Gasteiger partial charge in [0.1, 0.15) is 0 Å². The summed E-state index contributed by atoms with van der Waals surface area (Å²) in [5.74, 6) is 0.141. The number of rotatable bonds is 3. The highest BCUT2D eigenvalue weighted by molar-refractivity contribution is 5.09. The fourth-order valence-electron chi connectivity index (χ4n) is 1.34. The molecule has 1 rings (SSSR count). The molecule has 0 saturated heterocycles. The molecule has 0 aromatic carbocycles. The van der Waals surface area contributed by atoms with Crippen molar-refractivity contribution in [2.45, 2.75) is 39.7 Å². The number of aromatic amines is 1. The predicted octanol–water partition coefficient (Wildman–Crippen LogP) is 1.07. The van der Waals surface area contributed by atoms with Crippen molar-refractivity contribution in [3.8, 4) is 0 Å². The van der Waals surface area contributed by atoms with Crippen molar-refractivity contribution in [3.63, 3.8) is 0 Å². The molecule has 1 aromatic heterocycles. The van der Waals surface area contributed by atoms with Crippen LogP contribution >= 0.6 is 0 Å². The molecule has 1 heterocycles. The molecule has 78 valence electrons. The highest BCUT2D eigenvalue weighted by Crippen LogP contribution is 2.06. The zero-order valence-electron chi connectivity index (χ0n) is 8.83. The Bertz CT molecular complexity index is 415. The van der Waals surface area contributed by atoms with E-state index in [1.54, 1.807) is 10.8 Å². The highest BCUT2D eigenvalue weighted by atomic mass is 16.2. The van der Waals surface area contributed by atoms with Crippen molar-refractivity contribution >= 4 is 0 Å². The average molecular weight is 196 g/mol. The minimum atomic E-state index is -0.318. The number of hydrogen-bond donors (Lipinski definition) is 1. The Morgan fingerprint density at radius 1 is 1.43 bits per heavy atom. The number of aryl methyl sites for hydroxylation is 1. The third kappa shape index (κ3) is 2.13. The molecule has 0 aliphatic rings. The molecule has 1 N–H and O–H groups in total. The lowest BCUT2D eigenvalue weighted by Crippen LogP contribution is -2.32. The second kappa shape index (κ2) is 4.26.